The van der Waals surface area contributed by atoms with Crippen LogP contribution >= 0.6 is 12.2 Å². The summed E-state index contributed by atoms with van der Waals surface area (Å²) in [5, 5.41) is 2.95. The molecule has 1 aromatic heterocycles. The first-order chi connectivity index (χ1) is 7.66. The predicted molar refractivity (Wildman–Crippen MR) is 66.1 cm³/mol. The summed E-state index contributed by atoms with van der Waals surface area (Å²) < 4.78 is 1.91. The van der Waals surface area contributed by atoms with E-state index >= 15 is 0 Å². The number of amides is 1. The van der Waals surface area contributed by atoms with Gasteiger partial charge < -0.3 is 15.6 Å². The van der Waals surface area contributed by atoms with Gasteiger partial charge in [0.25, 0.3) is 0 Å². The van der Waals surface area contributed by atoms with Gasteiger partial charge in [-0.1, -0.05) is 12.2 Å². The highest BCUT2D eigenvalue weighted by Gasteiger charge is 2.22. The van der Waals surface area contributed by atoms with E-state index < -0.39 is 0 Å². The van der Waals surface area contributed by atoms with Crippen LogP contribution in [0.3, 0.4) is 0 Å². The maximum absolute atomic E-state index is 11.5. The van der Waals surface area contributed by atoms with Crippen LogP contribution < -0.4 is 11.1 Å². The molecule has 1 aromatic rings. The van der Waals surface area contributed by atoms with Crippen molar-refractivity contribution in [1.29, 1.82) is 0 Å². The van der Waals surface area contributed by atoms with Crippen molar-refractivity contribution in [2.24, 2.45) is 5.73 Å². The minimum Gasteiger partial charge on any atom is -0.388 e. The largest absolute Gasteiger partial charge is 0.388 e. The molecule has 2 rings (SSSR count). The second kappa shape index (κ2) is 4.65. The highest BCUT2D eigenvalue weighted by molar-refractivity contribution is 7.80. The van der Waals surface area contributed by atoms with E-state index in [0.717, 1.165) is 18.5 Å². The maximum atomic E-state index is 11.5. The van der Waals surface area contributed by atoms with Crippen LogP contribution in [0.1, 0.15) is 25.0 Å². The number of nitrogens with zero attached hydrogens (tertiary/aromatic N) is 1. The van der Waals surface area contributed by atoms with Gasteiger partial charge in [0, 0.05) is 25.2 Å². The molecular formula is C11H15N3OS. The first-order valence-corrected chi connectivity index (χ1v) is 5.82. The summed E-state index contributed by atoms with van der Waals surface area (Å²) in [5.74, 6) is 0.102. The van der Waals surface area contributed by atoms with Crippen molar-refractivity contribution >= 4 is 23.1 Å². The van der Waals surface area contributed by atoms with Crippen LogP contribution in [-0.4, -0.2) is 21.5 Å². The average molecular weight is 237 g/mol. The Balaban J connectivity index is 1.85. The lowest BCUT2D eigenvalue weighted by Gasteiger charge is -2.08. The first kappa shape index (κ1) is 11.1. The number of carbonyl (C=O) groups excluding carboxylic acids is 1. The zero-order valence-electron chi connectivity index (χ0n) is 8.98. The third-order valence-electron chi connectivity index (χ3n) is 2.60. The normalized spacial score (nSPS) is 14.8. The number of hydrogen-bond acceptors (Lipinski definition) is 2. The minimum absolute atomic E-state index is 0.102. The summed E-state index contributed by atoms with van der Waals surface area (Å²) in [6.07, 6.45) is 4.60. The van der Waals surface area contributed by atoms with Crippen LogP contribution in [0.2, 0.25) is 0 Å². The number of thiocarbonyl (C=S) groups is 1. The fraction of sp³-hybridized carbons (Fsp3) is 0.455. The van der Waals surface area contributed by atoms with E-state index in [0.29, 0.717) is 24.0 Å². The molecule has 0 aromatic carbocycles. The van der Waals surface area contributed by atoms with E-state index in [9.17, 15) is 4.79 Å². The minimum atomic E-state index is 0.102. The van der Waals surface area contributed by atoms with Gasteiger partial charge in [0.15, 0.2) is 0 Å². The van der Waals surface area contributed by atoms with E-state index in [-0.39, 0.29) is 5.91 Å². The van der Waals surface area contributed by atoms with Gasteiger partial charge in [-0.25, -0.2) is 0 Å². The van der Waals surface area contributed by atoms with Crippen LogP contribution in [0.25, 0.3) is 0 Å². The summed E-state index contributed by atoms with van der Waals surface area (Å²) in [6, 6.07) is 4.17. The SMILES string of the molecule is NC(=S)c1cccn1CCC(=O)NC1CC1. The lowest BCUT2D eigenvalue weighted by molar-refractivity contribution is -0.121. The summed E-state index contributed by atoms with van der Waals surface area (Å²) in [5.41, 5.74) is 6.38. The van der Waals surface area contributed by atoms with Crippen molar-refractivity contribution in [3.63, 3.8) is 0 Å². The van der Waals surface area contributed by atoms with Crippen LogP contribution in [0.15, 0.2) is 18.3 Å². The van der Waals surface area contributed by atoms with Gasteiger partial charge >= 0.3 is 0 Å². The van der Waals surface area contributed by atoms with E-state index in [4.69, 9.17) is 18.0 Å². The predicted octanol–water partition coefficient (Wildman–Crippen LogP) is 0.791. The summed E-state index contributed by atoms with van der Waals surface area (Å²) in [6.45, 7) is 0.623. The van der Waals surface area contributed by atoms with Crippen LogP contribution in [0, 0.1) is 0 Å². The molecule has 0 atom stereocenters. The Morgan fingerprint density at radius 1 is 1.62 bits per heavy atom. The third-order valence-corrected chi connectivity index (χ3v) is 2.81. The molecule has 1 heterocycles. The molecule has 4 nitrogen and oxygen atoms in total. The van der Waals surface area contributed by atoms with Crippen molar-refractivity contribution in [2.75, 3.05) is 0 Å². The fourth-order valence-electron chi connectivity index (χ4n) is 1.58. The van der Waals surface area contributed by atoms with E-state index in [1.165, 1.54) is 0 Å². The van der Waals surface area contributed by atoms with Crippen LogP contribution in [-0.2, 0) is 11.3 Å². The lowest BCUT2D eigenvalue weighted by atomic mass is 10.3. The van der Waals surface area contributed by atoms with Crippen molar-refractivity contribution in [3.05, 3.63) is 24.0 Å². The molecule has 0 spiro atoms. The Morgan fingerprint density at radius 3 is 3.00 bits per heavy atom. The quantitative estimate of drug-likeness (QED) is 0.744. The zero-order chi connectivity index (χ0) is 11.5. The van der Waals surface area contributed by atoms with Crippen molar-refractivity contribution in [1.82, 2.24) is 9.88 Å². The number of aryl methyl sites for hydroxylation is 1. The lowest BCUT2D eigenvalue weighted by Crippen LogP contribution is -2.26. The second-order valence-electron chi connectivity index (χ2n) is 4.04. The third kappa shape index (κ3) is 2.82. The Bertz CT molecular complexity index is 409. The molecule has 0 unspecified atom stereocenters. The van der Waals surface area contributed by atoms with Crippen molar-refractivity contribution < 1.29 is 4.79 Å². The number of hydrogen-bond donors (Lipinski definition) is 2. The monoisotopic (exact) mass is 237 g/mol. The Labute approximate surface area is 99.8 Å². The van der Waals surface area contributed by atoms with Gasteiger partial charge in [-0.3, -0.25) is 4.79 Å². The molecule has 16 heavy (non-hydrogen) atoms. The van der Waals surface area contributed by atoms with Gasteiger partial charge in [0.1, 0.15) is 4.99 Å². The van der Waals surface area contributed by atoms with E-state index in [1.54, 1.807) is 0 Å². The van der Waals surface area contributed by atoms with E-state index in [2.05, 4.69) is 5.32 Å². The summed E-state index contributed by atoms with van der Waals surface area (Å²) in [7, 11) is 0. The summed E-state index contributed by atoms with van der Waals surface area (Å²) in [4.78, 5) is 11.8. The van der Waals surface area contributed by atoms with Gasteiger partial charge in [-0.15, -0.1) is 0 Å². The van der Waals surface area contributed by atoms with Gasteiger partial charge in [0.05, 0.1) is 5.69 Å². The van der Waals surface area contributed by atoms with Gasteiger partial charge in [-0.2, -0.15) is 0 Å². The number of rotatable bonds is 5. The molecule has 1 aliphatic rings. The standard InChI is InChI=1S/C11H15N3OS/c12-11(16)9-2-1-6-14(9)7-5-10(15)13-8-3-4-8/h1-2,6,8H,3-5,7H2,(H2,12,16)(H,13,15). The van der Waals surface area contributed by atoms with E-state index in [1.807, 2.05) is 22.9 Å². The molecule has 0 saturated heterocycles. The average Bonchev–Trinajstić information content (AvgIpc) is 2.91. The Kier molecular flexibility index (Phi) is 3.24. The molecule has 0 bridgehead atoms. The highest BCUT2D eigenvalue weighted by Crippen LogP contribution is 2.18. The number of nitrogens with one attached hydrogen (secondary N) is 1. The second-order valence-corrected chi connectivity index (χ2v) is 4.48. The maximum Gasteiger partial charge on any atom is 0.222 e. The van der Waals surface area contributed by atoms with Crippen molar-refractivity contribution in [3.8, 4) is 0 Å². The number of carbonyl (C=O) groups is 1. The van der Waals surface area contributed by atoms with Crippen LogP contribution in [0.5, 0.6) is 0 Å². The van der Waals surface area contributed by atoms with Gasteiger partial charge in [-0.05, 0) is 25.0 Å². The molecule has 3 N–H and O–H groups in total. The fourth-order valence-corrected chi connectivity index (χ4v) is 1.77. The zero-order valence-corrected chi connectivity index (χ0v) is 9.80. The summed E-state index contributed by atoms with van der Waals surface area (Å²) >= 11 is 4.92. The molecule has 0 aliphatic heterocycles. The Morgan fingerprint density at radius 2 is 2.38 bits per heavy atom. The molecule has 1 aliphatic carbocycles. The molecule has 86 valence electrons. The molecule has 5 heteroatoms. The van der Waals surface area contributed by atoms with Gasteiger partial charge in [0.2, 0.25) is 5.91 Å². The molecule has 1 fully saturated rings. The number of aromatic nitrogens is 1. The molecule has 1 saturated carbocycles. The topological polar surface area (TPSA) is 60.0 Å². The van der Waals surface area contributed by atoms with Crippen LogP contribution in [0.4, 0.5) is 0 Å². The van der Waals surface area contributed by atoms with Crippen molar-refractivity contribution in [2.45, 2.75) is 31.8 Å². The molecule has 0 radical (unpaired) electrons. The highest BCUT2D eigenvalue weighted by atomic mass is 32.1. The smallest absolute Gasteiger partial charge is 0.222 e. The first-order valence-electron chi connectivity index (χ1n) is 5.41. The molecule has 1 amide bonds. The Hall–Kier alpha value is -1.36. The molecular weight excluding hydrogens is 222 g/mol. The number of nitrogens with two attached hydrogens (primary N) is 1.